The highest BCUT2D eigenvalue weighted by Gasteiger charge is 2.04. The number of ether oxygens (including phenoxy) is 1. The summed E-state index contributed by atoms with van der Waals surface area (Å²) in [5, 5.41) is 6.61. The van der Waals surface area contributed by atoms with Gasteiger partial charge in [0.1, 0.15) is 12.4 Å². The van der Waals surface area contributed by atoms with Crippen LogP contribution < -0.4 is 15.4 Å². The van der Waals surface area contributed by atoms with Crippen LogP contribution in [-0.4, -0.2) is 32.7 Å². The number of para-hydroxylation sites is 1. The van der Waals surface area contributed by atoms with Crippen LogP contribution in [0.3, 0.4) is 0 Å². The van der Waals surface area contributed by atoms with E-state index in [1.165, 1.54) is 12.8 Å². The number of aliphatic imine (C=N–C) groups is 1. The number of hydrogen-bond acceptors (Lipinski definition) is 2. The normalized spacial score (nSPS) is 11.5. The van der Waals surface area contributed by atoms with E-state index in [4.69, 9.17) is 4.74 Å². The number of benzene rings is 1. The van der Waals surface area contributed by atoms with Gasteiger partial charge in [0.15, 0.2) is 5.96 Å². The van der Waals surface area contributed by atoms with Crippen LogP contribution in [0.1, 0.15) is 26.7 Å². The summed E-state index contributed by atoms with van der Waals surface area (Å²) < 4.78 is 5.62. The minimum absolute atomic E-state index is 0.621. The minimum Gasteiger partial charge on any atom is -0.492 e. The molecular weight excluding hydrogens is 250 g/mol. The van der Waals surface area contributed by atoms with Gasteiger partial charge in [-0.2, -0.15) is 0 Å². The summed E-state index contributed by atoms with van der Waals surface area (Å²) in [6, 6.07) is 9.84. The fourth-order valence-corrected chi connectivity index (χ4v) is 1.89. The Morgan fingerprint density at radius 3 is 2.45 bits per heavy atom. The topological polar surface area (TPSA) is 45.7 Å². The molecule has 0 aliphatic carbocycles. The number of hydrogen-bond donors (Lipinski definition) is 2. The monoisotopic (exact) mass is 277 g/mol. The van der Waals surface area contributed by atoms with E-state index in [1.807, 2.05) is 30.3 Å². The summed E-state index contributed by atoms with van der Waals surface area (Å²) in [4.78, 5) is 4.21. The van der Waals surface area contributed by atoms with E-state index in [0.717, 1.165) is 24.8 Å². The van der Waals surface area contributed by atoms with Gasteiger partial charge in [0.2, 0.25) is 0 Å². The SMILES string of the molecule is CCC(CC)CNC(=NC)NCCOc1ccccc1. The van der Waals surface area contributed by atoms with E-state index >= 15 is 0 Å². The van der Waals surface area contributed by atoms with Gasteiger partial charge in [-0.3, -0.25) is 4.99 Å². The van der Waals surface area contributed by atoms with Crippen molar-refractivity contribution in [3.63, 3.8) is 0 Å². The Kier molecular flexibility index (Phi) is 8.27. The van der Waals surface area contributed by atoms with Crippen molar-refractivity contribution in [2.24, 2.45) is 10.9 Å². The van der Waals surface area contributed by atoms with Gasteiger partial charge in [-0.05, 0) is 18.1 Å². The molecule has 0 aromatic heterocycles. The molecule has 0 atom stereocenters. The zero-order valence-electron chi connectivity index (χ0n) is 12.9. The van der Waals surface area contributed by atoms with Crippen molar-refractivity contribution in [1.82, 2.24) is 10.6 Å². The van der Waals surface area contributed by atoms with E-state index < -0.39 is 0 Å². The Balaban J connectivity index is 2.18. The van der Waals surface area contributed by atoms with E-state index in [2.05, 4.69) is 29.5 Å². The summed E-state index contributed by atoms with van der Waals surface area (Å²) in [7, 11) is 1.79. The quantitative estimate of drug-likeness (QED) is 0.436. The van der Waals surface area contributed by atoms with Crippen LogP contribution in [0.5, 0.6) is 5.75 Å². The van der Waals surface area contributed by atoms with Crippen molar-refractivity contribution < 1.29 is 4.74 Å². The molecule has 4 nitrogen and oxygen atoms in total. The number of rotatable bonds is 8. The average molecular weight is 277 g/mol. The second-order valence-electron chi connectivity index (χ2n) is 4.72. The highest BCUT2D eigenvalue weighted by Crippen LogP contribution is 2.07. The molecule has 1 aromatic carbocycles. The smallest absolute Gasteiger partial charge is 0.191 e. The van der Waals surface area contributed by atoms with Crippen molar-refractivity contribution in [2.45, 2.75) is 26.7 Å². The molecule has 0 heterocycles. The predicted molar refractivity (Wildman–Crippen MR) is 85.4 cm³/mol. The van der Waals surface area contributed by atoms with Crippen molar-refractivity contribution in [2.75, 3.05) is 26.7 Å². The number of guanidine groups is 1. The highest BCUT2D eigenvalue weighted by atomic mass is 16.5. The van der Waals surface area contributed by atoms with Crippen LogP contribution in [0.15, 0.2) is 35.3 Å². The van der Waals surface area contributed by atoms with Crippen molar-refractivity contribution >= 4 is 5.96 Å². The molecule has 0 aliphatic heterocycles. The van der Waals surface area contributed by atoms with Gasteiger partial charge >= 0.3 is 0 Å². The lowest BCUT2D eigenvalue weighted by molar-refractivity contribution is 0.321. The third-order valence-corrected chi connectivity index (χ3v) is 3.34. The minimum atomic E-state index is 0.621. The summed E-state index contributed by atoms with van der Waals surface area (Å²) in [6.45, 7) is 6.76. The van der Waals surface area contributed by atoms with Crippen LogP contribution in [-0.2, 0) is 0 Å². The molecule has 0 bridgehead atoms. The van der Waals surface area contributed by atoms with Crippen LogP contribution in [0, 0.1) is 5.92 Å². The lowest BCUT2D eigenvalue weighted by atomic mass is 10.0. The van der Waals surface area contributed by atoms with Gasteiger partial charge in [0.05, 0.1) is 6.54 Å². The first-order valence-electron chi connectivity index (χ1n) is 7.42. The molecule has 0 unspecified atom stereocenters. The van der Waals surface area contributed by atoms with Gasteiger partial charge in [-0.1, -0.05) is 44.9 Å². The summed E-state index contributed by atoms with van der Waals surface area (Å²) in [6.07, 6.45) is 2.38. The maximum Gasteiger partial charge on any atom is 0.191 e. The molecule has 0 spiro atoms. The Hall–Kier alpha value is -1.71. The standard InChI is InChI=1S/C16H27N3O/c1-4-14(5-2)13-19-16(17-3)18-11-12-20-15-9-7-6-8-10-15/h6-10,14H,4-5,11-13H2,1-3H3,(H2,17,18,19). The maximum atomic E-state index is 5.62. The fourth-order valence-electron chi connectivity index (χ4n) is 1.89. The molecule has 0 saturated heterocycles. The first-order valence-corrected chi connectivity index (χ1v) is 7.42. The van der Waals surface area contributed by atoms with Gasteiger partial charge in [0, 0.05) is 13.6 Å². The predicted octanol–water partition coefficient (Wildman–Crippen LogP) is 2.67. The van der Waals surface area contributed by atoms with Crippen molar-refractivity contribution in [1.29, 1.82) is 0 Å². The summed E-state index contributed by atoms with van der Waals surface area (Å²) in [5.74, 6) is 2.44. The maximum absolute atomic E-state index is 5.62. The second kappa shape index (κ2) is 10.1. The zero-order chi connectivity index (χ0) is 14.6. The van der Waals surface area contributed by atoms with E-state index in [1.54, 1.807) is 7.05 Å². The molecule has 112 valence electrons. The van der Waals surface area contributed by atoms with Crippen LogP contribution in [0.25, 0.3) is 0 Å². The van der Waals surface area contributed by atoms with Crippen LogP contribution in [0.2, 0.25) is 0 Å². The van der Waals surface area contributed by atoms with Crippen molar-refractivity contribution in [3.8, 4) is 5.75 Å². The molecule has 0 fully saturated rings. The molecular formula is C16H27N3O. The second-order valence-corrected chi connectivity index (χ2v) is 4.72. The molecule has 1 aromatic rings. The van der Waals surface area contributed by atoms with Gasteiger partial charge in [0.25, 0.3) is 0 Å². The first-order chi connectivity index (χ1) is 9.80. The van der Waals surface area contributed by atoms with Gasteiger partial charge in [-0.15, -0.1) is 0 Å². The van der Waals surface area contributed by atoms with Crippen molar-refractivity contribution in [3.05, 3.63) is 30.3 Å². The Labute approximate surface area is 122 Å². The van der Waals surface area contributed by atoms with Crippen LogP contribution >= 0.6 is 0 Å². The van der Waals surface area contributed by atoms with Gasteiger partial charge in [-0.25, -0.2) is 0 Å². The molecule has 0 saturated carbocycles. The molecule has 1 rings (SSSR count). The highest BCUT2D eigenvalue weighted by molar-refractivity contribution is 5.79. The molecule has 0 radical (unpaired) electrons. The number of nitrogens with one attached hydrogen (secondary N) is 2. The summed E-state index contributed by atoms with van der Waals surface area (Å²) in [5.41, 5.74) is 0. The third kappa shape index (κ3) is 6.45. The average Bonchev–Trinajstić information content (AvgIpc) is 2.51. The lowest BCUT2D eigenvalue weighted by Gasteiger charge is -2.16. The lowest BCUT2D eigenvalue weighted by Crippen LogP contribution is -2.41. The number of nitrogens with zero attached hydrogens (tertiary/aromatic N) is 1. The molecule has 20 heavy (non-hydrogen) atoms. The zero-order valence-corrected chi connectivity index (χ0v) is 12.9. The Morgan fingerprint density at radius 2 is 1.85 bits per heavy atom. The molecule has 0 amide bonds. The van der Waals surface area contributed by atoms with E-state index in [-0.39, 0.29) is 0 Å². The largest absolute Gasteiger partial charge is 0.492 e. The first kappa shape index (κ1) is 16.3. The molecule has 2 N–H and O–H groups in total. The Bertz CT molecular complexity index is 375. The summed E-state index contributed by atoms with van der Waals surface area (Å²) >= 11 is 0. The molecule has 4 heteroatoms. The van der Waals surface area contributed by atoms with E-state index in [9.17, 15) is 0 Å². The molecule has 0 aliphatic rings. The fraction of sp³-hybridized carbons (Fsp3) is 0.562. The van der Waals surface area contributed by atoms with E-state index in [0.29, 0.717) is 12.5 Å². The van der Waals surface area contributed by atoms with Crippen LogP contribution in [0.4, 0.5) is 0 Å². The third-order valence-electron chi connectivity index (χ3n) is 3.34. The van der Waals surface area contributed by atoms with Gasteiger partial charge < -0.3 is 15.4 Å². The Morgan fingerprint density at radius 1 is 1.15 bits per heavy atom.